The van der Waals surface area contributed by atoms with Crippen LogP contribution in [0.2, 0.25) is 0 Å². The number of likely N-dealkylation sites (N-methyl/N-ethyl adjacent to an activating group) is 1. The average molecular weight is 234 g/mol. The Hall–Kier alpha value is -1.22. The van der Waals surface area contributed by atoms with Crippen LogP contribution in [-0.4, -0.2) is 45.2 Å². The van der Waals surface area contributed by atoms with E-state index in [-0.39, 0.29) is 0 Å². The molecule has 0 aromatic heterocycles. The summed E-state index contributed by atoms with van der Waals surface area (Å²) in [7, 11) is 3.93. The van der Waals surface area contributed by atoms with Gasteiger partial charge >= 0.3 is 0 Å². The maximum atomic E-state index is 5.39. The molecule has 1 aromatic rings. The predicted octanol–water partition coefficient (Wildman–Crippen LogP) is 2.15. The van der Waals surface area contributed by atoms with Crippen molar-refractivity contribution in [1.29, 1.82) is 0 Å². The average Bonchev–Trinajstić information content (AvgIpc) is 2.55. The van der Waals surface area contributed by atoms with E-state index < -0.39 is 0 Å². The number of rotatable bonds is 2. The molecule has 0 saturated carbocycles. The zero-order valence-electron chi connectivity index (χ0n) is 11.1. The molecule has 0 unspecified atom stereocenters. The fourth-order valence-electron chi connectivity index (χ4n) is 2.31. The van der Waals surface area contributed by atoms with Crippen LogP contribution in [-0.2, 0) is 0 Å². The second-order valence-electron chi connectivity index (χ2n) is 4.80. The lowest BCUT2D eigenvalue weighted by Crippen LogP contribution is -2.28. The first-order valence-electron chi connectivity index (χ1n) is 6.29. The summed E-state index contributed by atoms with van der Waals surface area (Å²) in [5.41, 5.74) is 2.48. The molecule has 0 radical (unpaired) electrons. The third kappa shape index (κ3) is 2.91. The molecule has 1 aromatic carbocycles. The molecular weight excluding hydrogens is 212 g/mol. The van der Waals surface area contributed by atoms with Gasteiger partial charge < -0.3 is 14.5 Å². The van der Waals surface area contributed by atoms with E-state index in [1.807, 2.05) is 0 Å². The predicted molar refractivity (Wildman–Crippen MR) is 72.1 cm³/mol. The van der Waals surface area contributed by atoms with Crippen molar-refractivity contribution in [2.45, 2.75) is 13.3 Å². The standard InChI is InChI=1S/C14H22N2O/c1-12-5-6-13(11-14(12)17-3)16-8-4-7-15(2)9-10-16/h5-6,11H,4,7-10H2,1-3H3. The van der Waals surface area contributed by atoms with Gasteiger partial charge in [0, 0.05) is 31.4 Å². The molecule has 3 heteroatoms. The summed E-state index contributed by atoms with van der Waals surface area (Å²) in [5.74, 6) is 0.986. The van der Waals surface area contributed by atoms with Crippen molar-refractivity contribution >= 4 is 5.69 Å². The largest absolute Gasteiger partial charge is 0.496 e. The minimum Gasteiger partial charge on any atom is -0.496 e. The first-order valence-corrected chi connectivity index (χ1v) is 6.29. The van der Waals surface area contributed by atoms with Crippen LogP contribution < -0.4 is 9.64 Å². The van der Waals surface area contributed by atoms with Crippen LogP contribution in [0.1, 0.15) is 12.0 Å². The van der Waals surface area contributed by atoms with Crippen LogP contribution in [0.4, 0.5) is 5.69 Å². The maximum Gasteiger partial charge on any atom is 0.123 e. The van der Waals surface area contributed by atoms with Crippen molar-refractivity contribution in [2.24, 2.45) is 0 Å². The number of hydrogen-bond acceptors (Lipinski definition) is 3. The summed E-state index contributed by atoms with van der Waals surface area (Å²) >= 11 is 0. The van der Waals surface area contributed by atoms with Gasteiger partial charge in [0.05, 0.1) is 7.11 Å². The van der Waals surface area contributed by atoms with Gasteiger partial charge in [0.1, 0.15) is 5.75 Å². The zero-order valence-corrected chi connectivity index (χ0v) is 11.1. The monoisotopic (exact) mass is 234 g/mol. The van der Waals surface area contributed by atoms with E-state index in [4.69, 9.17) is 4.74 Å². The van der Waals surface area contributed by atoms with Crippen LogP contribution in [0, 0.1) is 6.92 Å². The summed E-state index contributed by atoms with van der Waals surface area (Å²) in [5, 5.41) is 0. The van der Waals surface area contributed by atoms with Gasteiger partial charge in [0.25, 0.3) is 0 Å². The fraction of sp³-hybridized carbons (Fsp3) is 0.571. The van der Waals surface area contributed by atoms with E-state index in [9.17, 15) is 0 Å². The first kappa shape index (κ1) is 12.2. The molecule has 0 atom stereocenters. The van der Waals surface area contributed by atoms with Crippen LogP contribution in [0.25, 0.3) is 0 Å². The Morgan fingerprint density at radius 2 is 1.94 bits per heavy atom. The molecule has 2 rings (SSSR count). The number of methoxy groups -OCH3 is 1. The first-order chi connectivity index (χ1) is 8.20. The summed E-state index contributed by atoms with van der Waals surface area (Å²) in [6.45, 7) is 6.65. The lowest BCUT2D eigenvalue weighted by Gasteiger charge is -2.23. The van der Waals surface area contributed by atoms with Crippen LogP contribution >= 0.6 is 0 Å². The van der Waals surface area contributed by atoms with Gasteiger partial charge in [-0.3, -0.25) is 0 Å². The Bertz CT molecular complexity index is 378. The topological polar surface area (TPSA) is 15.7 Å². The van der Waals surface area contributed by atoms with E-state index in [0.29, 0.717) is 0 Å². The van der Waals surface area contributed by atoms with E-state index in [1.165, 1.54) is 24.2 Å². The SMILES string of the molecule is COc1cc(N2CCCN(C)CC2)ccc1C. The van der Waals surface area contributed by atoms with Gasteiger partial charge in [0.2, 0.25) is 0 Å². The Morgan fingerprint density at radius 3 is 2.71 bits per heavy atom. The Labute approximate surface area is 104 Å². The van der Waals surface area contributed by atoms with E-state index in [2.05, 4.69) is 42.0 Å². The summed E-state index contributed by atoms with van der Waals surface area (Å²) < 4.78 is 5.39. The molecule has 94 valence electrons. The van der Waals surface area contributed by atoms with Crippen LogP contribution in [0.15, 0.2) is 18.2 Å². The highest BCUT2D eigenvalue weighted by molar-refractivity contribution is 5.53. The zero-order chi connectivity index (χ0) is 12.3. The summed E-state index contributed by atoms with van der Waals surface area (Å²) in [6, 6.07) is 6.49. The minimum atomic E-state index is 0.986. The van der Waals surface area contributed by atoms with Crippen molar-refractivity contribution in [3.63, 3.8) is 0 Å². The highest BCUT2D eigenvalue weighted by atomic mass is 16.5. The number of ether oxygens (including phenoxy) is 1. The number of hydrogen-bond donors (Lipinski definition) is 0. The lowest BCUT2D eigenvalue weighted by molar-refractivity contribution is 0.360. The molecule has 1 fully saturated rings. The second-order valence-corrected chi connectivity index (χ2v) is 4.80. The molecular formula is C14H22N2O. The highest BCUT2D eigenvalue weighted by Crippen LogP contribution is 2.25. The molecule has 0 N–H and O–H groups in total. The van der Waals surface area contributed by atoms with Crippen molar-refractivity contribution < 1.29 is 4.74 Å². The van der Waals surface area contributed by atoms with E-state index in [0.717, 1.165) is 25.4 Å². The fourth-order valence-corrected chi connectivity index (χ4v) is 2.31. The summed E-state index contributed by atoms with van der Waals surface area (Å²) in [6.07, 6.45) is 1.23. The van der Waals surface area contributed by atoms with E-state index >= 15 is 0 Å². The normalized spacial score (nSPS) is 17.9. The minimum absolute atomic E-state index is 0.986. The van der Waals surface area contributed by atoms with Gasteiger partial charge in [0.15, 0.2) is 0 Å². The molecule has 1 aliphatic rings. The van der Waals surface area contributed by atoms with Crippen molar-refractivity contribution in [2.75, 3.05) is 45.2 Å². The molecule has 0 bridgehead atoms. The van der Waals surface area contributed by atoms with Crippen LogP contribution in [0.3, 0.4) is 0 Å². The molecule has 0 aliphatic carbocycles. The van der Waals surface area contributed by atoms with Gasteiger partial charge in [-0.25, -0.2) is 0 Å². The molecule has 1 aliphatic heterocycles. The van der Waals surface area contributed by atoms with Crippen molar-refractivity contribution in [1.82, 2.24) is 4.90 Å². The molecule has 1 heterocycles. The number of nitrogens with zero attached hydrogens (tertiary/aromatic N) is 2. The number of anilines is 1. The van der Waals surface area contributed by atoms with Gasteiger partial charge in [-0.05, 0) is 38.6 Å². The number of aryl methyl sites for hydroxylation is 1. The van der Waals surface area contributed by atoms with Gasteiger partial charge in [-0.1, -0.05) is 6.07 Å². The quantitative estimate of drug-likeness (QED) is 0.780. The van der Waals surface area contributed by atoms with Crippen LogP contribution in [0.5, 0.6) is 5.75 Å². The van der Waals surface area contributed by atoms with Gasteiger partial charge in [-0.2, -0.15) is 0 Å². The molecule has 0 amide bonds. The van der Waals surface area contributed by atoms with Crippen molar-refractivity contribution in [3.8, 4) is 5.75 Å². The smallest absolute Gasteiger partial charge is 0.123 e. The highest BCUT2D eigenvalue weighted by Gasteiger charge is 2.13. The Kier molecular flexibility index (Phi) is 3.89. The molecule has 3 nitrogen and oxygen atoms in total. The maximum absolute atomic E-state index is 5.39. The number of benzene rings is 1. The molecule has 0 spiro atoms. The summed E-state index contributed by atoms with van der Waals surface area (Å²) in [4.78, 5) is 4.84. The molecule has 1 saturated heterocycles. The van der Waals surface area contributed by atoms with E-state index in [1.54, 1.807) is 7.11 Å². The van der Waals surface area contributed by atoms with Crippen molar-refractivity contribution in [3.05, 3.63) is 23.8 Å². The third-order valence-corrected chi connectivity index (χ3v) is 3.48. The third-order valence-electron chi connectivity index (χ3n) is 3.48. The lowest BCUT2D eigenvalue weighted by atomic mass is 10.2. The Balaban J connectivity index is 2.15. The second kappa shape index (κ2) is 5.41. The Morgan fingerprint density at radius 1 is 1.12 bits per heavy atom. The molecule has 17 heavy (non-hydrogen) atoms. The van der Waals surface area contributed by atoms with Gasteiger partial charge in [-0.15, -0.1) is 0 Å².